The summed E-state index contributed by atoms with van der Waals surface area (Å²) in [4.78, 5) is 2.59. The second kappa shape index (κ2) is 12.0. The fraction of sp³-hybridized carbons (Fsp3) is 0.806. The molecule has 1 saturated heterocycles. The Balaban J connectivity index is 1.22. The topological polar surface area (TPSA) is 114 Å². The molecule has 44 heavy (non-hydrogen) atoms. The molecule has 0 bridgehead atoms. The van der Waals surface area contributed by atoms with Gasteiger partial charge in [-0.1, -0.05) is 40.2 Å². The number of anilines is 1. The Labute approximate surface area is 266 Å². The molecular formula is C36H57N3O4S. The largest absolute Gasteiger partial charge is 0.393 e. The molecule has 0 radical (unpaired) electrons. The van der Waals surface area contributed by atoms with Crippen molar-refractivity contribution in [3.8, 4) is 0 Å². The van der Waals surface area contributed by atoms with Gasteiger partial charge < -0.3 is 20.5 Å². The zero-order chi connectivity index (χ0) is 31.5. The van der Waals surface area contributed by atoms with Crippen LogP contribution >= 0.6 is 0 Å². The van der Waals surface area contributed by atoms with Crippen LogP contribution in [-0.2, 0) is 10.0 Å². The van der Waals surface area contributed by atoms with Crippen LogP contribution < -0.4 is 9.62 Å². The minimum absolute atomic E-state index is 0.0533. The molecule has 0 spiro atoms. The Morgan fingerprint density at radius 2 is 1.77 bits per heavy atom. The normalized spacial score (nSPS) is 43.0. The van der Waals surface area contributed by atoms with Gasteiger partial charge in [0.05, 0.1) is 17.1 Å². The van der Waals surface area contributed by atoms with Gasteiger partial charge in [-0.3, -0.25) is 0 Å². The molecular weight excluding hydrogens is 570 g/mol. The van der Waals surface area contributed by atoms with E-state index in [1.807, 2.05) is 18.2 Å². The van der Waals surface area contributed by atoms with Gasteiger partial charge in [0, 0.05) is 37.0 Å². The van der Waals surface area contributed by atoms with Crippen LogP contribution in [0.1, 0.15) is 98.3 Å². The lowest BCUT2D eigenvalue weighted by atomic mass is 9.40. The van der Waals surface area contributed by atoms with Crippen LogP contribution in [0, 0.1) is 57.2 Å². The third kappa shape index (κ3) is 5.00. The number of aliphatic hydroxyl groups is 2. The predicted octanol–water partition coefficient (Wildman–Crippen LogP) is 6.24. The second-order valence-corrected chi connectivity index (χ2v) is 17.6. The summed E-state index contributed by atoms with van der Waals surface area (Å²) in [7, 11) is -3.71. The summed E-state index contributed by atoms with van der Waals surface area (Å²) in [5.41, 5.74) is 0.499. The SMILES string of the molecule is CC[C@@H]1C2C[C@H](O)CC[C@]2(C)C2CCC3(C)C(CCC3(C=N)[C@H](C)CNS(=O)(=O)c3cccc(N4CCCCC4)c3)C2[C@@H]1O. The molecule has 5 aliphatic rings. The summed E-state index contributed by atoms with van der Waals surface area (Å²) in [6, 6.07) is 7.35. The molecule has 0 aromatic heterocycles. The van der Waals surface area contributed by atoms with Crippen LogP contribution in [-0.4, -0.2) is 56.7 Å². The van der Waals surface area contributed by atoms with E-state index in [9.17, 15) is 18.6 Å². The highest BCUT2D eigenvalue weighted by Gasteiger charge is 2.68. The van der Waals surface area contributed by atoms with E-state index in [-0.39, 0.29) is 40.8 Å². The smallest absolute Gasteiger partial charge is 0.240 e. The molecule has 4 N–H and O–H groups in total. The van der Waals surface area contributed by atoms with Crippen molar-refractivity contribution in [2.24, 2.45) is 51.8 Å². The quantitative estimate of drug-likeness (QED) is 0.255. The van der Waals surface area contributed by atoms with Crippen LogP contribution in [0.4, 0.5) is 5.69 Å². The van der Waals surface area contributed by atoms with E-state index in [1.165, 1.54) is 6.42 Å². The number of nitrogens with zero attached hydrogens (tertiary/aromatic N) is 1. The van der Waals surface area contributed by atoms with Gasteiger partial charge in [0.2, 0.25) is 10.0 Å². The molecule has 6 rings (SSSR count). The van der Waals surface area contributed by atoms with E-state index in [2.05, 4.69) is 37.3 Å². The minimum atomic E-state index is -3.71. The van der Waals surface area contributed by atoms with E-state index >= 15 is 0 Å². The van der Waals surface area contributed by atoms with Gasteiger partial charge in [-0.2, -0.15) is 0 Å². The van der Waals surface area contributed by atoms with Gasteiger partial charge in [-0.25, -0.2) is 13.1 Å². The van der Waals surface area contributed by atoms with E-state index in [0.29, 0.717) is 29.2 Å². The highest BCUT2D eigenvalue weighted by Crippen LogP contribution is 2.72. The van der Waals surface area contributed by atoms with Crippen molar-refractivity contribution in [3.63, 3.8) is 0 Å². The monoisotopic (exact) mass is 627 g/mol. The molecule has 1 heterocycles. The Kier molecular flexibility index (Phi) is 8.82. The minimum Gasteiger partial charge on any atom is -0.393 e. The van der Waals surface area contributed by atoms with Crippen LogP contribution in [0.5, 0.6) is 0 Å². The first-order valence-electron chi connectivity index (χ1n) is 17.6. The molecule has 5 fully saturated rings. The van der Waals surface area contributed by atoms with Crippen molar-refractivity contribution >= 4 is 21.9 Å². The summed E-state index contributed by atoms with van der Waals surface area (Å²) < 4.78 is 30.2. The number of hydrogen-bond acceptors (Lipinski definition) is 6. The lowest BCUT2D eigenvalue weighted by Gasteiger charge is -2.65. The standard InChI is InChI=1S/C36H57N3O4S/c1-5-28-31-21-26(40)12-15-34(31,3)29-13-16-35(4)30(32(29)33(28)41)14-17-36(35,23-37)24(2)22-38-44(42,43)27-11-9-10-25(20-27)39-18-7-6-8-19-39/h9-11,20,23-24,26,28-33,37-38,40-41H,5-8,12-19,21-22H2,1-4H3/t24-,26-,28-,29?,30?,31?,32?,33-,34-,35?,36?/m1/s1. The Morgan fingerprint density at radius 3 is 2.48 bits per heavy atom. The summed E-state index contributed by atoms with van der Waals surface area (Å²) in [5.74, 6) is 1.42. The first-order chi connectivity index (χ1) is 20.9. The molecule has 4 aliphatic carbocycles. The van der Waals surface area contributed by atoms with E-state index in [4.69, 9.17) is 5.41 Å². The third-order valence-corrected chi connectivity index (χ3v) is 15.7. The Bertz CT molecular complexity index is 1320. The van der Waals surface area contributed by atoms with Gasteiger partial charge in [-0.15, -0.1) is 0 Å². The molecule has 246 valence electrons. The molecule has 0 amide bonds. The number of benzene rings is 1. The molecule has 1 aromatic carbocycles. The van der Waals surface area contributed by atoms with Crippen LogP contribution in [0.2, 0.25) is 0 Å². The van der Waals surface area contributed by atoms with Crippen molar-refractivity contribution in [3.05, 3.63) is 24.3 Å². The maximum atomic E-state index is 13.6. The number of sulfonamides is 1. The molecule has 4 saturated carbocycles. The van der Waals surface area contributed by atoms with E-state index in [1.54, 1.807) is 12.3 Å². The zero-order valence-electron chi connectivity index (χ0n) is 27.5. The van der Waals surface area contributed by atoms with Crippen molar-refractivity contribution < 1.29 is 18.6 Å². The Morgan fingerprint density at radius 1 is 1.05 bits per heavy atom. The molecule has 6 unspecified atom stereocenters. The summed E-state index contributed by atoms with van der Waals surface area (Å²) in [6.45, 7) is 11.4. The van der Waals surface area contributed by atoms with E-state index < -0.39 is 15.4 Å². The van der Waals surface area contributed by atoms with Crippen molar-refractivity contribution in [2.45, 2.75) is 115 Å². The van der Waals surface area contributed by atoms with E-state index in [0.717, 1.165) is 83.0 Å². The number of piperidine rings is 1. The molecule has 1 aliphatic heterocycles. The van der Waals surface area contributed by atoms with Crippen LogP contribution in [0.3, 0.4) is 0 Å². The summed E-state index contributed by atoms with van der Waals surface area (Å²) in [6.07, 6.45) is 12.0. The maximum Gasteiger partial charge on any atom is 0.240 e. The van der Waals surface area contributed by atoms with Gasteiger partial charge >= 0.3 is 0 Å². The maximum absolute atomic E-state index is 13.6. The molecule has 7 nitrogen and oxygen atoms in total. The summed E-state index contributed by atoms with van der Waals surface area (Å²) in [5, 5.41) is 31.5. The number of fused-ring (bicyclic) bond motifs is 5. The fourth-order valence-corrected chi connectivity index (χ4v) is 12.9. The highest BCUT2D eigenvalue weighted by molar-refractivity contribution is 7.89. The first-order valence-corrected chi connectivity index (χ1v) is 19.1. The molecule has 11 atom stereocenters. The first kappa shape index (κ1) is 32.5. The Hall–Kier alpha value is -1.48. The number of nitrogens with one attached hydrogen (secondary N) is 2. The number of hydrogen-bond donors (Lipinski definition) is 4. The van der Waals surface area contributed by atoms with Crippen molar-refractivity contribution in [2.75, 3.05) is 24.5 Å². The highest BCUT2D eigenvalue weighted by atomic mass is 32.2. The second-order valence-electron chi connectivity index (χ2n) is 15.9. The number of aliphatic hydroxyl groups excluding tert-OH is 2. The summed E-state index contributed by atoms with van der Waals surface area (Å²) >= 11 is 0. The van der Waals surface area contributed by atoms with Crippen LogP contribution in [0.25, 0.3) is 0 Å². The number of rotatable bonds is 8. The van der Waals surface area contributed by atoms with Gasteiger partial charge in [-0.05, 0) is 129 Å². The molecule has 1 aromatic rings. The van der Waals surface area contributed by atoms with Gasteiger partial charge in [0.1, 0.15) is 0 Å². The lowest BCUT2D eigenvalue weighted by molar-refractivity contribution is -0.206. The van der Waals surface area contributed by atoms with Crippen molar-refractivity contribution in [1.29, 1.82) is 5.41 Å². The lowest BCUT2D eigenvalue weighted by Crippen LogP contribution is -2.63. The van der Waals surface area contributed by atoms with Gasteiger partial charge in [0.15, 0.2) is 0 Å². The van der Waals surface area contributed by atoms with Crippen molar-refractivity contribution in [1.82, 2.24) is 4.72 Å². The predicted molar refractivity (Wildman–Crippen MR) is 176 cm³/mol. The van der Waals surface area contributed by atoms with Crippen LogP contribution in [0.15, 0.2) is 29.2 Å². The molecule has 8 heteroatoms. The average Bonchev–Trinajstić information content (AvgIpc) is 3.34. The van der Waals surface area contributed by atoms with Gasteiger partial charge in [0.25, 0.3) is 0 Å². The zero-order valence-corrected chi connectivity index (χ0v) is 28.3. The third-order valence-electron chi connectivity index (χ3n) is 14.3. The average molecular weight is 628 g/mol. The fourth-order valence-electron chi connectivity index (χ4n) is 11.8.